The number of carboxylic acids is 1. The van der Waals surface area contributed by atoms with Gasteiger partial charge in [-0.3, -0.25) is 4.79 Å². The van der Waals surface area contributed by atoms with E-state index in [-0.39, 0.29) is 5.91 Å². The van der Waals surface area contributed by atoms with E-state index in [0.29, 0.717) is 25.7 Å². The van der Waals surface area contributed by atoms with Crippen LogP contribution in [0.3, 0.4) is 0 Å². The minimum absolute atomic E-state index is 0.187. The summed E-state index contributed by atoms with van der Waals surface area (Å²) >= 11 is 3.44. The van der Waals surface area contributed by atoms with Crippen molar-refractivity contribution in [1.82, 2.24) is 5.32 Å². The molecule has 1 aromatic carbocycles. The summed E-state index contributed by atoms with van der Waals surface area (Å²) in [6.45, 7) is 2.00. The van der Waals surface area contributed by atoms with Crippen LogP contribution in [-0.4, -0.2) is 22.5 Å². The summed E-state index contributed by atoms with van der Waals surface area (Å²) in [7, 11) is 0. The predicted octanol–water partition coefficient (Wildman–Crippen LogP) is 2.81. The second-order valence-electron chi connectivity index (χ2n) is 5.37. The zero-order chi connectivity index (χ0) is 14.8. The maximum atomic E-state index is 11.9. The van der Waals surface area contributed by atoms with Crippen molar-refractivity contribution in [2.24, 2.45) is 0 Å². The fraction of sp³-hybridized carbons (Fsp3) is 0.467. The summed E-state index contributed by atoms with van der Waals surface area (Å²) in [6.07, 6.45) is 2.86. The molecule has 1 aliphatic carbocycles. The topological polar surface area (TPSA) is 66.4 Å². The normalized spacial score (nSPS) is 16.3. The van der Waals surface area contributed by atoms with Crippen LogP contribution in [0.15, 0.2) is 22.7 Å². The molecule has 0 heterocycles. The molecule has 0 radical (unpaired) electrons. The molecule has 5 heteroatoms. The van der Waals surface area contributed by atoms with Crippen molar-refractivity contribution >= 4 is 27.8 Å². The van der Waals surface area contributed by atoms with Gasteiger partial charge in [-0.25, -0.2) is 4.79 Å². The smallest absolute Gasteiger partial charge is 0.329 e. The van der Waals surface area contributed by atoms with Crippen LogP contribution < -0.4 is 5.32 Å². The van der Waals surface area contributed by atoms with Gasteiger partial charge in [0.15, 0.2) is 0 Å². The lowest BCUT2D eigenvalue weighted by atomic mass is 9.76. The Morgan fingerprint density at radius 2 is 2.10 bits per heavy atom. The quantitative estimate of drug-likeness (QED) is 0.866. The fourth-order valence-corrected chi connectivity index (χ4v) is 2.62. The molecule has 1 aromatic rings. The van der Waals surface area contributed by atoms with Crippen LogP contribution in [0.1, 0.15) is 36.8 Å². The molecule has 1 fully saturated rings. The number of carbonyl (C=O) groups excluding carboxylic acids is 1. The van der Waals surface area contributed by atoms with Crippen molar-refractivity contribution in [3.63, 3.8) is 0 Å². The zero-order valence-electron chi connectivity index (χ0n) is 11.4. The Kier molecular flexibility index (Phi) is 4.48. The molecule has 0 atom stereocenters. The van der Waals surface area contributed by atoms with E-state index in [1.165, 1.54) is 0 Å². The highest BCUT2D eigenvalue weighted by Gasteiger charge is 2.45. The Labute approximate surface area is 126 Å². The first-order valence-corrected chi connectivity index (χ1v) is 7.52. The van der Waals surface area contributed by atoms with E-state index < -0.39 is 11.5 Å². The Hall–Kier alpha value is -1.36. The number of nitrogens with one attached hydrogen (secondary N) is 1. The molecular formula is C15H18BrNO3. The molecule has 0 spiro atoms. The van der Waals surface area contributed by atoms with Gasteiger partial charge in [0.25, 0.3) is 0 Å². The van der Waals surface area contributed by atoms with Crippen LogP contribution in [0.25, 0.3) is 0 Å². The largest absolute Gasteiger partial charge is 0.480 e. The molecule has 0 bridgehead atoms. The molecule has 2 N–H and O–H groups in total. The number of aryl methyl sites for hydroxylation is 2. The van der Waals surface area contributed by atoms with Crippen molar-refractivity contribution in [3.05, 3.63) is 33.8 Å². The molecule has 0 aliphatic heterocycles. The molecule has 1 saturated carbocycles. The molecule has 1 aliphatic rings. The second-order valence-corrected chi connectivity index (χ2v) is 6.23. The third kappa shape index (κ3) is 3.20. The van der Waals surface area contributed by atoms with Crippen LogP contribution in [0.5, 0.6) is 0 Å². The van der Waals surface area contributed by atoms with Crippen LogP contribution in [0.4, 0.5) is 0 Å². The number of hydrogen-bond donors (Lipinski definition) is 2. The zero-order valence-corrected chi connectivity index (χ0v) is 13.0. The molecule has 0 unspecified atom stereocenters. The highest BCUT2D eigenvalue weighted by atomic mass is 79.9. The lowest BCUT2D eigenvalue weighted by Crippen LogP contribution is -2.59. The minimum atomic E-state index is -1.01. The Morgan fingerprint density at radius 3 is 2.60 bits per heavy atom. The Morgan fingerprint density at radius 1 is 1.40 bits per heavy atom. The standard InChI is InChI=1S/C15H18BrNO3/c1-10-9-11(3-5-12(10)16)4-6-13(18)17-15(14(19)20)7-2-8-15/h3,5,9H,2,4,6-8H2,1H3,(H,17,18)(H,19,20). The highest BCUT2D eigenvalue weighted by Crippen LogP contribution is 2.32. The highest BCUT2D eigenvalue weighted by molar-refractivity contribution is 9.10. The van der Waals surface area contributed by atoms with Gasteiger partial charge >= 0.3 is 5.97 Å². The number of benzene rings is 1. The monoisotopic (exact) mass is 339 g/mol. The van der Waals surface area contributed by atoms with Crippen LogP contribution in [0.2, 0.25) is 0 Å². The number of carbonyl (C=O) groups is 2. The Balaban J connectivity index is 1.89. The summed E-state index contributed by atoms with van der Waals surface area (Å²) < 4.78 is 1.05. The lowest BCUT2D eigenvalue weighted by Gasteiger charge is -2.38. The second kappa shape index (κ2) is 5.95. The molecule has 4 nitrogen and oxygen atoms in total. The third-order valence-corrected chi connectivity index (χ3v) is 4.75. The van der Waals surface area contributed by atoms with Crippen molar-refractivity contribution in [1.29, 1.82) is 0 Å². The first kappa shape index (κ1) is 15.0. The summed E-state index contributed by atoms with van der Waals surface area (Å²) in [4.78, 5) is 23.1. The number of rotatable bonds is 5. The van der Waals surface area contributed by atoms with E-state index in [2.05, 4.69) is 21.2 Å². The van der Waals surface area contributed by atoms with Crippen molar-refractivity contribution in [3.8, 4) is 0 Å². The van der Waals surface area contributed by atoms with Gasteiger partial charge in [0.2, 0.25) is 5.91 Å². The van der Waals surface area contributed by atoms with E-state index in [0.717, 1.165) is 22.0 Å². The number of halogens is 1. The van der Waals surface area contributed by atoms with E-state index >= 15 is 0 Å². The number of hydrogen-bond acceptors (Lipinski definition) is 2. The van der Waals surface area contributed by atoms with Gasteiger partial charge in [0.05, 0.1) is 0 Å². The predicted molar refractivity (Wildman–Crippen MR) is 79.6 cm³/mol. The summed E-state index contributed by atoms with van der Waals surface area (Å²) in [6, 6.07) is 5.97. The molecule has 2 rings (SSSR count). The van der Waals surface area contributed by atoms with E-state index in [9.17, 15) is 9.59 Å². The maximum absolute atomic E-state index is 11.9. The number of aliphatic carboxylic acids is 1. The average Bonchev–Trinajstić information content (AvgIpc) is 2.35. The van der Waals surface area contributed by atoms with Crippen LogP contribution >= 0.6 is 15.9 Å². The van der Waals surface area contributed by atoms with Gasteiger partial charge in [-0.1, -0.05) is 28.1 Å². The minimum Gasteiger partial charge on any atom is -0.480 e. The molecule has 108 valence electrons. The van der Waals surface area contributed by atoms with Gasteiger partial charge < -0.3 is 10.4 Å². The SMILES string of the molecule is Cc1cc(CCC(=O)NC2(C(=O)O)CCC2)ccc1Br. The molecule has 20 heavy (non-hydrogen) atoms. The first-order chi connectivity index (χ1) is 9.43. The van der Waals surface area contributed by atoms with E-state index in [4.69, 9.17) is 5.11 Å². The number of amides is 1. The fourth-order valence-electron chi connectivity index (χ4n) is 2.37. The molecular weight excluding hydrogens is 322 g/mol. The summed E-state index contributed by atoms with van der Waals surface area (Å²) in [5, 5.41) is 11.8. The van der Waals surface area contributed by atoms with E-state index in [1.54, 1.807) is 0 Å². The van der Waals surface area contributed by atoms with Crippen molar-refractivity contribution in [2.45, 2.75) is 44.6 Å². The van der Waals surface area contributed by atoms with Crippen LogP contribution in [-0.2, 0) is 16.0 Å². The maximum Gasteiger partial charge on any atom is 0.329 e. The molecule has 1 amide bonds. The van der Waals surface area contributed by atoms with Crippen LogP contribution in [0, 0.1) is 6.92 Å². The van der Waals surface area contributed by atoms with Gasteiger partial charge in [-0.2, -0.15) is 0 Å². The third-order valence-electron chi connectivity index (χ3n) is 3.86. The summed E-state index contributed by atoms with van der Waals surface area (Å²) in [5.74, 6) is -1.11. The summed E-state index contributed by atoms with van der Waals surface area (Å²) in [5.41, 5.74) is 1.20. The Bertz CT molecular complexity index is 538. The van der Waals surface area contributed by atoms with Crippen molar-refractivity contribution < 1.29 is 14.7 Å². The molecule has 0 aromatic heterocycles. The van der Waals surface area contributed by atoms with Crippen molar-refractivity contribution in [2.75, 3.05) is 0 Å². The average molecular weight is 340 g/mol. The van der Waals surface area contributed by atoms with Gasteiger partial charge in [0, 0.05) is 10.9 Å². The molecule has 0 saturated heterocycles. The van der Waals surface area contributed by atoms with Gasteiger partial charge in [0.1, 0.15) is 5.54 Å². The number of carboxylic acid groups (broad SMARTS) is 1. The van der Waals surface area contributed by atoms with Gasteiger partial charge in [-0.05, 0) is 49.8 Å². The van der Waals surface area contributed by atoms with E-state index in [1.807, 2.05) is 25.1 Å². The first-order valence-electron chi connectivity index (χ1n) is 6.72. The van der Waals surface area contributed by atoms with Gasteiger partial charge in [-0.15, -0.1) is 0 Å². The lowest BCUT2D eigenvalue weighted by molar-refractivity contribution is -0.151.